The molecule has 10 nitrogen and oxygen atoms in total. The van der Waals surface area contributed by atoms with Crippen molar-refractivity contribution in [1.29, 1.82) is 0 Å². The molecule has 2 amide bonds. The zero-order valence-corrected chi connectivity index (χ0v) is 63.3. The highest BCUT2D eigenvalue weighted by Gasteiger charge is 2.22. The number of unbranched alkanes of at least 4 members (excludes halogenated alkanes) is 39. The minimum absolute atomic E-state index is 0.0841. The van der Waals surface area contributed by atoms with Crippen LogP contribution in [0.3, 0.4) is 0 Å². The molecule has 12 heteroatoms. The zero-order chi connectivity index (χ0) is 67.0. The van der Waals surface area contributed by atoms with E-state index in [1.165, 1.54) is 238 Å². The quantitative estimate of drug-likeness (QED) is 0.0139. The lowest BCUT2D eigenvalue weighted by Gasteiger charge is -2.27. The van der Waals surface area contributed by atoms with Crippen LogP contribution in [0.15, 0.2) is 24.3 Å². The van der Waals surface area contributed by atoms with Gasteiger partial charge in [-0.25, -0.2) is 0 Å². The zero-order valence-electron chi connectivity index (χ0n) is 61.6. The highest BCUT2D eigenvalue weighted by atomic mass is 33.1. The van der Waals surface area contributed by atoms with Gasteiger partial charge in [0.25, 0.3) is 0 Å². The summed E-state index contributed by atoms with van der Waals surface area (Å²) in [6.07, 6.45) is 70.7. The fraction of sp³-hybridized carbons (Fsp3) is 0.924. The Morgan fingerprint density at radius 1 is 0.341 bits per heavy atom. The molecule has 0 bridgehead atoms. The Kier molecular flexibility index (Phi) is 77.0. The number of hydrogen-bond donors (Lipinski definition) is 7. The molecule has 0 fully saturated rings. The number of thiol groups is 2. The van der Waals surface area contributed by atoms with Crippen molar-refractivity contribution in [2.75, 3.05) is 65.4 Å². The van der Waals surface area contributed by atoms with Gasteiger partial charge in [0.15, 0.2) is 0 Å². The van der Waals surface area contributed by atoms with Crippen molar-refractivity contribution in [3.8, 4) is 0 Å². The first-order valence-electron chi connectivity index (χ1n) is 39.9. The normalized spacial score (nSPS) is 13.3. The Morgan fingerprint density at radius 3 is 0.978 bits per heavy atom. The Labute approximate surface area is 578 Å². The molecule has 0 heterocycles. The standard InChI is InChI=1S/C79H157N5O5.H2S2/c1-7-13-17-21-25-29-31-33-35-36-38-40-42-46-51-57-67-83(71-74(85)61-53-49-45-41-39-37-34-32-30-26-22-18-14-8-2)68-58-52-50-56-64-77(79(89)80-66-60-70-82(11-5)12-6)81-78(88)65-59-69-84(72-75(86)62-54-47-43-27-23-19-15-9-3)73-76(87)63-55-48-44-28-24-20-16-10-4;1-2/h33-35,37,74-77,85-87H,7-32,36,38-73H2,1-6H3,(H,80,89)(H,81,88);1-2H/b35-33-,37-34-;. The molecule has 0 saturated carbocycles. The summed E-state index contributed by atoms with van der Waals surface area (Å²) in [4.78, 5) is 34.7. The summed E-state index contributed by atoms with van der Waals surface area (Å²) < 4.78 is 0. The summed E-state index contributed by atoms with van der Waals surface area (Å²) in [6, 6.07) is -0.571. The maximum Gasteiger partial charge on any atom is 0.242 e. The third-order valence-electron chi connectivity index (χ3n) is 18.8. The molecule has 0 radical (unpaired) electrons. The summed E-state index contributed by atoms with van der Waals surface area (Å²) >= 11 is 6.44. The number of nitrogens with zero attached hydrogens (tertiary/aromatic N) is 3. The summed E-state index contributed by atoms with van der Waals surface area (Å²) in [5.74, 6) is -0.182. The van der Waals surface area contributed by atoms with Crippen LogP contribution in [0.1, 0.15) is 382 Å². The molecule has 0 aromatic carbocycles. The second-order valence-corrected chi connectivity index (χ2v) is 27.6. The largest absolute Gasteiger partial charge is 0.392 e. The lowest BCUT2D eigenvalue weighted by Crippen LogP contribution is -2.47. The summed E-state index contributed by atoms with van der Waals surface area (Å²) in [5, 5.41) is 40.1. The highest BCUT2D eigenvalue weighted by molar-refractivity contribution is 8.59. The molecule has 0 rings (SSSR count). The van der Waals surface area contributed by atoms with Crippen molar-refractivity contribution in [3.63, 3.8) is 0 Å². The van der Waals surface area contributed by atoms with Crippen molar-refractivity contribution in [2.24, 2.45) is 0 Å². The lowest BCUT2D eigenvalue weighted by molar-refractivity contribution is -0.129. The van der Waals surface area contributed by atoms with Crippen LogP contribution in [-0.2, 0) is 9.59 Å². The van der Waals surface area contributed by atoms with E-state index in [0.29, 0.717) is 45.4 Å². The first-order valence-corrected chi connectivity index (χ1v) is 41.5. The number of rotatable bonds is 73. The van der Waals surface area contributed by atoms with Gasteiger partial charge in [0.2, 0.25) is 11.8 Å². The van der Waals surface area contributed by atoms with Crippen LogP contribution >= 0.6 is 23.3 Å². The molecule has 91 heavy (non-hydrogen) atoms. The van der Waals surface area contributed by atoms with Crippen molar-refractivity contribution < 1.29 is 24.9 Å². The molecule has 4 unspecified atom stereocenters. The number of aliphatic hydroxyl groups excluding tert-OH is 3. The van der Waals surface area contributed by atoms with E-state index in [-0.39, 0.29) is 17.9 Å². The van der Waals surface area contributed by atoms with Crippen molar-refractivity contribution in [3.05, 3.63) is 24.3 Å². The molecule has 0 aromatic heterocycles. The number of hydrogen-bond acceptors (Lipinski definition) is 10. The van der Waals surface area contributed by atoms with Gasteiger partial charge in [0, 0.05) is 32.6 Å². The molecular weight excluding hydrogens is 1160 g/mol. The van der Waals surface area contributed by atoms with E-state index in [9.17, 15) is 24.9 Å². The molecule has 0 aliphatic carbocycles. The lowest BCUT2D eigenvalue weighted by atomic mass is 10.0. The van der Waals surface area contributed by atoms with Gasteiger partial charge < -0.3 is 35.8 Å². The predicted octanol–water partition coefficient (Wildman–Crippen LogP) is 21.2. The van der Waals surface area contributed by atoms with Gasteiger partial charge in [-0.3, -0.25) is 14.5 Å². The van der Waals surface area contributed by atoms with E-state index < -0.39 is 18.2 Å². The van der Waals surface area contributed by atoms with Gasteiger partial charge in [0.05, 0.1) is 18.3 Å². The van der Waals surface area contributed by atoms with Gasteiger partial charge in [0.1, 0.15) is 6.04 Å². The smallest absolute Gasteiger partial charge is 0.242 e. The molecule has 0 saturated heterocycles. The maximum absolute atomic E-state index is 13.8. The minimum atomic E-state index is -0.571. The average Bonchev–Trinajstić information content (AvgIpc) is 3.74. The van der Waals surface area contributed by atoms with Crippen LogP contribution < -0.4 is 10.6 Å². The van der Waals surface area contributed by atoms with Crippen LogP contribution in [-0.4, -0.2) is 132 Å². The molecule has 4 atom stereocenters. The van der Waals surface area contributed by atoms with Crippen LogP contribution in [0, 0.1) is 0 Å². The second-order valence-electron chi connectivity index (χ2n) is 27.6. The van der Waals surface area contributed by atoms with E-state index in [1.54, 1.807) is 0 Å². The number of allylic oxidation sites excluding steroid dienone is 4. The first-order chi connectivity index (χ1) is 44.6. The predicted molar refractivity (Wildman–Crippen MR) is 407 cm³/mol. The number of carbonyl (C=O) groups is 2. The first kappa shape index (κ1) is 91.9. The molecule has 0 aliphatic rings. The molecule has 542 valence electrons. The van der Waals surface area contributed by atoms with Gasteiger partial charge in [-0.1, -0.05) is 297 Å². The van der Waals surface area contributed by atoms with E-state index in [4.69, 9.17) is 0 Å². The van der Waals surface area contributed by atoms with Crippen LogP contribution in [0.4, 0.5) is 0 Å². The van der Waals surface area contributed by atoms with E-state index in [1.807, 2.05) is 0 Å². The number of carbonyl (C=O) groups excluding carboxylic acids is 2. The SMILES string of the molecule is CCCCCCCC/C=C\CCCCCCCCN(CCCCCCC(NC(=O)CCCN(CC(O)CCCCCCCCCC)CC(O)CCCCCCCCCC)C(=O)NCCCN(CC)CC)CC(O)CCCCCC/C=C\CCCCCCCC.SS. The van der Waals surface area contributed by atoms with Gasteiger partial charge in [-0.15, -0.1) is 23.3 Å². The average molecular weight is 1320 g/mol. The molecule has 0 aliphatic heterocycles. The Bertz CT molecular complexity index is 1480. The Morgan fingerprint density at radius 2 is 0.626 bits per heavy atom. The van der Waals surface area contributed by atoms with E-state index >= 15 is 0 Å². The summed E-state index contributed by atoms with van der Waals surface area (Å²) in [6.45, 7) is 21.4. The summed E-state index contributed by atoms with van der Waals surface area (Å²) in [5.41, 5.74) is 0. The molecule has 0 aromatic rings. The topological polar surface area (TPSA) is 129 Å². The Balaban J connectivity index is 0. The number of aliphatic hydroxyl groups is 3. The van der Waals surface area contributed by atoms with Crippen LogP contribution in [0.25, 0.3) is 0 Å². The monoisotopic (exact) mass is 1320 g/mol. The van der Waals surface area contributed by atoms with Crippen LogP contribution in [0.5, 0.6) is 0 Å². The van der Waals surface area contributed by atoms with Crippen molar-refractivity contribution in [1.82, 2.24) is 25.3 Å². The fourth-order valence-corrected chi connectivity index (χ4v) is 12.8. The van der Waals surface area contributed by atoms with Crippen molar-refractivity contribution >= 4 is 35.1 Å². The third-order valence-corrected chi connectivity index (χ3v) is 18.8. The van der Waals surface area contributed by atoms with Gasteiger partial charge in [-0.05, 0) is 142 Å². The molecule has 0 spiro atoms. The van der Waals surface area contributed by atoms with E-state index in [2.05, 4.69) is 115 Å². The number of amides is 2. The third kappa shape index (κ3) is 68.6. The van der Waals surface area contributed by atoms with Crippen molar-refractivity contribution in [2.45, 2.75) is 406 Å². The summed E-state index contributed by atoms with van der Waals surface area (Å²) in [7, 11) is 0. The Hall–Kier alpha value is -1.12. The van der Waals surface area contributed by atoms with Gasteiger partial charge in [-0.2, -0.15) is 0 Å². The highest BCUT2D eigenvalue weighted by Crippen LogP contribution is 2.18. The second kappa shape index (κ2) is 76.2. The number of nitrogens with one attached hydrogen (secondary N) is 2. The van der Waals surface area contributed by atoms with Crippen LogP contribution in [0.2, 0.25) is 0 Å². The minimum Gasteiger partial charge on any atom is -0.392 e. The van der Waals surface area contributed by atoms with E-state index in [0.717, 1.165) is 123 Å². The molecular formula is C79H159N5O5S2. The van der Waals surface area contributed by atoms with Gasteiger partial charge >= 0.3 is 0 Å². The maximum atomic E-state index is 13.8. The fourth-order valence-electron chi connectivity index (χ4n) is 12.8. The molecule has 5 N–H and O–H groups in total.